The van der Waals surface area contributed by atoms with E-state index in [-0.39, 0.29) is 0 Å². The number of hydrogen-bond acceptors (Lipinski definition) is 2. The van der Waals surface area contributed by atoms with Gasteiger partial charge in [-0.3, -0.25) is 0 Å². The van der Waals surface area contributed by atoms with E-state index in [1.165, 1.54) is 32.1 Å². The summed E-state index contributed by atoms with van der Waals surface area (Å²) in [5.74, 6) is 2.90. The van der Waals surface area contributed by atoms with E-state index in [4.69, 9.17) is 0 Å². The molecule has 0 N–H and O–H groups in total. The van der Waals surface area contributed by atoms with Crippen molar-refractivity contribution in [1.29, 1.82) is 0 Å². The molecular formula is C15H28INO. The van der Waals surface area contributed by atoms with Crippen LogP contribution in [0.1, 0.15) is 59.3 Å². The molecule has 0 rings (SSSR count). The number of carbonyl (C=O) groups excluding carboxylic acids is 1. The molecule has 18 heavy (non-hydrogen) atoms. The van der Waals surface area contributed by atoms with E-state index in [1.54, 1.807) is 0 Å². The van der Waals surface area contributed by atoms with E-state index in [2.05, 4.69) is 55.3 Å². The smallest absolute Gasteiger partial charge is 0.134 e. The number of nitrogens with zero attached hydrogens (tertiary/aromatic N) is 1. The molecule has 0 bridgehead atoms. The van der Waals surface area contributed by atoms with E-state index in [0.717, 1.165) is 22.5 Å². The first-order chi connectivity index (χ1) is 8.58. The van der Waals surface area contributed by atoms with E-state index >= 15 is 0 Å². The van der Waals surface area contributed by atoms with Crippen LogP contribution in [0.25, 0.3) is 0 Å². The summed E-state index contributed by atoms with van der Waals surface area (Å²) in [7, 11) is 2.15. The second kappa shape index (κ2) is 11.0. The van der Waals surface area contributed by atoms with Gasteiger partial charge in [-0.15, -0.1) is 0 Å². The molecule has 1 unspecified atom stereocenters. The molecule has 0 fully saturated rings. The Bertz CT molecular complexity index is 257. The standard InChI is InChI=1S/C15H28INO/c1-5-13(6-2)9-8-10-15(17(4)7-3)11-14(16)12-18/h13,15H,5-11H2,1-4H3. The number of hydrogen-bond donors (Lipinski definition) is 0. The zero-order valence-electron chi connectivity index (χ0n) is 12.3. The van der Waals surface area contributed by atoms with Crippen molar-refractivity contribution in [2.75, 3.05) is 13.6 Å². The molecule has 0 heterocycles. The van der Waals surface area contributed by atoms with Crippen molar-refractivity contribution in [3.63, 3.8) is 0 Å². The van der Waals surface area contributed by atoms with E-state index in [9.17, 15) is 4.79 Å². The molecule has 3 heteroatoms. The Morgan fingerprint density at radius 1 is 1.22 bits per heavy atom. The topological polar surface area (TPSA) is 20.3 Å². The highest BCUT2D eigenvalue weighted by molar-refractivity contribution is 14.1. The lowest BCUT2D eigenvalue weighted by atomic mass is 9.94. The Morgan fingerprint density at radius 2 is 1.83 bits per heavy atom. The quantitative estimate of drug-likeness (QED) is 0.421. The van der Waals surface area contributed by atoms with Gasteiger partial charge in [0.15, 0.2) is 0 Å². The van der Waals surface area contributed by atoms with Crippen LogP contribution in [-0.4, -0.2) is 30.5 Å². The third-order valence-corrected chi connectivity index (χ3v) is 4.61. The third-order valence-electron chi connectivity index (χ3n) is 3.95. The second-order valence-electron chi connectivity index (χ2n) is 5.05. The summed E-state index contributed by atoms with van der Waals surface area (Å²) >= 11 is 2.12. The van der Waals surface area contributed by atoms with Crippen molar-refractivity contribution in [2.45, 2.75) is 65.3 Å². The van der Waals surface area contributed by atoms with Crippen LogP contribution in [0.2, 0.25) is 0 Å². The van der Waals surface area contributed by atoms with Crippen LogP contribution in [0.15, 0.2) is 3.58 Å². The lowest BCUT2D eigenvalue weighted by Crippen LogP contribution is -2.31. The van der Waals surface area contributed by atoms with Crippen molar-refractivity contribution in [2.24, 2.45) is 5.92 Å². The summed E-state index contributed by atoms with van der Waals surface area (Å²) in [6.07, 6.45) is 7.21. The molecule has 0 aromatic heterocycles. The predicted octanol–water partition coefficient (Wildman–Crippen LogP) is 4.45. The maximum atomic E-state index is 10.6. The van der Waals surface area contributed by atoms with Crippen LogP contribution in [0.4, 0.5) is 0 Å². The molecule has 0 aliphatic rings. The highest BCUT2D eigenvalue weighted by Gasteiger charge is 2.15. The highest BCUT2D eigenvalue weighted by atomic mass is 127. The summed E-state index contributed by atoms with van der Waals surface area (Å²) < 4.78 is 0.820. The molecule has 0 saturated heterocycles. The predicted molar refractivity (Wildman–Crippen MR) is 87.9 cm³/mol. The zero-order chi connectivity index (χ0) is 14.0. The minimum absolute atomic E-state index is 0.498. The summed E-state index contributed by atoms with van der Waals surface area (Å²) in [6.45, 7) is 7.77. The molecule has 106 valence electrons. The van der Waals surface area contributed by atoms with Gasteiger partial charge in [0.25, 0.3) is 0 Å². The largest absolute Gasteiger partial charge is 0.303 e. The van der Waals surface area contributed by atoms with Crippen molar-refractivity contribution in [3.05, 3.63) is 3.58 Å². The van der Waals surface area contributed by atoms with Gasteiger partial charge in [0, 0.05) is 12.5 Å². The van der Waals surface area contributed by atoms with Gasteiger partial charge < -0.3 is 4.90 Å². The van der Waals surface area contributed by atoms with Crippen LogP contribution in [0.5, 0.6) is 0 Å². The molecule has 0 saturated carbocycles. The van der Waals surface area contributed by atoms with Crippen molar-refractivity contribution in [1.82, 2.24) is 4.90 Å². The molecule has 0 aromatic carbocycles. The molecule has 0 amide bonds. The summed E-state index contributed by atoms with van der Waals surface area (Å²) in [6, 6.07) is 0.498. The minimum Gasteiger partial charge on any atom is -0.303 e. The van der Waals surface area contributed by atoms with Gasteiger partial charge in [-0.2, -0.15) is 0 Å². The number of halogens is 1. The van der Waals surface area contributed by atoms with Crippen LogP contribution in [0.3, 0.4) is 0 Å². The Kier molecular flexibility index (Phi) is 11.1. The van der Waals surface area contributed by atoms with Gasteiger partial charge in [0.05, 0.1) is 3.58 Å². The Morgan fingerprint density at radius 3 is 2.28 bits per heavy atom. The maximum Gasteiger partial charge on any atom is 0.134 e. The zero-order valence-corrected chi connectivity index (χ0v) is 14.5. The van der Waals surface area contributed by atoms with Gasteiger partial charge >= 0.3 is 0 Å². The van der Waals surface area contributed by atoms with Gasteiger partial charge in [-0.25, -0.2) is 4.79 Å². The van der Waals surface area contributed by atoms with E-state index in [0.29, 0.717) is 6.04 Å². The fourth-order valence-electron chi connectivity index (χ4n) is 2.32. The maximum absolute atomic E-state index is 10.6. The summed E-state index contributed by atoms with van der Waals surface area (Å²) in [4.78, 5) is 13.0. The van der Waals surface area contributed by atoms with Crippen molar-refractivity contribution < 1.29 is 4.79 Å². The third kappa shape index (κ3) is 7.55. The lowest BCUT2D eigenvalue weighted by Gasteiger charge is -2.27. The second-order valence-corrected chi connectivity index (χ2v) is 6.35. The van der Waals surface area contributed by atoms with Gasteiger partial charge in [-0.05, 0) is 48.5 Å². The molecule has 0 spiro atoms. The summed E-state index contributed by atoms with van der Waals surface area (Å²) in [5.41, 5.74) is 0. The molecule has 0 aromatic rings. The molecule has 0 aliphatic heterocycles. The molecular weight excluding hydrogens is 337 g/mol. The van der Waals surface area contributed by atoms with E-state index < -0.39 is 0 Å². The average molecular weight is 365 g/mol. The van der Waals surface area contributed by atoms with Crippen LogP contribution < -0.4 is 0 Å². The number of rotatable bonds is 10. The molecule has 1 atom stereocenters. The van der Waals surface area contributed by atoms with Crippen molar-refractivity contribution in [3.8, 4) is 0 Å². The first-order valence-electron chi connectivity index (χ1n) is 7.18. The van der Waals surface area contributed by atoms with Crippen LogP contribution in [-0.2, 0) is 4.79 Å². The SMILES string of the molecule is CCC(CC)CCCC(CC(I)=C=O)N(C)CC. The van der Waals surface area contributed by atoms with E-state index in [1.807, 2.05) is 5.94 Å². The van der Waals surface area contributed by atoms with Gasteiger partial charge in [-0.1, -0.05) is 46.5 Å². The molecule has 0 radical (unpaired) electrons. The normalized spacial score (nSPS) is 12.8. The Balaban J connectivity index is 4.20. The Labute approximate surface area is 126 Å². The van der Waals surface area contributed by atoms with Crippen LogP contribution in [0, 0.1) is 5.92 Å². The Hall–Kier alpha value is 0.140. The fraction of sp³-hybridized carbons (Fsp3) is 0.867. The monoisotopic (exact) mass is 365 g/mol. The van der Waals surface area contributed by atoms with Crippen LogP contribution >= 0.6 is 22.6 Å². The van der Waals surface area contributed by atoms with Gasteiger partial charge in [0.2, 0.25) is 0 Å². The van der Waals surface area contributed by atoms with Gasteiger partial charge in [0.1, 0.15) is 5.94 Å². The fourth-order valence-corrected chi connectivity index (χ4v) is 2.83. The molecule has 0 aliphatic carbocycles. The van der Waals surface area contributed by atoms with Crippen molar-refractivity contribution >= 4 is 28.5 Å². The first-order valence-corrected chi connectivity index (χ1v) is 8.26. The first kappa shape index (κ1) is 18.1. The highest BCUT2D eigenvalue weighted by Crippen LogP contribution is 2.22. The summed E-state index contributed by atoms with van der Waals surface area (Å²) in [5, 5.41) is 0. The molecule has 2 nitrogen and oxygen atoms in total. The average Bonchev–Trinajstić information content (AvgIpc) is 2.41. The lowest BCUT2D eigenvalue weighted by molar-refractivity contribution is 0.233. The minimum atomic E-state index is 0.498.